The van der Waals surface area contributed by atoms with Gasteiger partial charge in [-0.15, -0.1) is 11.3 Å². The van der Waals surface area contributed by atoms with E-state index in [-0.39, 0.29) is 28.4 Å². The van der Waals surface area contributed by atoms with Gasteiger partial charge in [0.1, 0.15) is 18.2 Å². The Bertz CT molecular complexity index is 1190. The molecular formula is C17H13ClN4O6S. The second kappa shape index (κ2) is 8.37. The molecule has 0 saturated heterocycles. The van der Waals surface area contributed by atoms with Crippen molar-refractivity contribution in [2.24, 2.45) is 0 Å². The van der Waals surface area contributed by atoms with Gasteiger partial charge in [0.2, 0.25) is 0 Å². The first-order chi connectivity index (χ1) is 13.8. The number of carbonyl (C=O) groups is 2. The van der Waals surface area contributed by atoms with Gasteiger partial charge in [-0.1, -0.05) is 11.6 Å². The number of carbonyl (C=O) groups excluding carboxylic acids is 2. The fourth-order valence-electron chi connectivity index (χ4n) is 2.43. The van der Waals surface area contributed by atoms with Crippen molar-refractivity contribution in [2.45, 2.75) is 13.5 Å². The normalized spacial score (nSPS) is 10.7. The number of nitro groups is 1. The van der Waals surface area contributed by atoms with E-state index < -0.39 is 29.0 Å². The predicted molar refractivity (Wildman–Crippen MR) is 104 cm³/mol. The van der Waals surface area contributed by atoms with E-state index in [4.69, 9.17) is 16.3 Å². The summed E-state index contributed by atoms with van der Waals surface area (Å²) in [5.74, 6) is -1.46. The lowest BCUT2D eigenvalue weighted by Crippen LogP contribution is -2.30. The number of nitro benzene ring substituents is 1. The molecule has 1 amide bonds. The summed E-state index contributed by atoms with van der Waals surface area (Å²) in [5.41, 5.74) is 0.319. The van der Waals surface area contributed by atoms with Crippen LogP contribution in [-0.2, 0) is 16.1 Å². The molecule has 0 aliphatic heterocycles. The number of nitrogens with zero attached hydrogens (tertiary/aromatic N) is 3. The van der Waals surface area contributed by atoms with Crippen LogP contribution in [0.25, 0.3) is 4.96 Å². The highest BCUT2D eigenvalue weighted by atomic mass is 35.5. The largest absolute Gasteiger partial charge is 0.458 e. The van der Waals surface area contributed by atoms with E-state index in [0.717, 1.165) is 11.8 Å². The van der Waals surface area contributed by atoms with Gasteiger partial charge < -0.3 is 10.1 Å². The number of halogens is 1. The third kappa shape index (κ3) is 4.58. The van der Waals surface area contributed by atoms with Crippen LogP contribution in [0.4, 0.5) is 5.69 Å². The number of aromatic nitrogens is 2. The number of benzene rings is 1. The number of thiazole rings is 1. The van der Waals surface area contributed by atoms with Crippen LogP contribution >= 0.6 is 22.9 Å². The summed E-state index contributed by atoms with van der Waals surface area (Å²) in [4.78, 5) is 50.9. The van der Waals surface area contributed by atoms with Gasteiger partial charge in [-0.05, 0) is 19.1 Å². The van der Waals surface area contributed by atoms with Crippen LogP contribution in [0.2, 0.25) is 5.02 Å². The lowest BCUT2D eigenvalue weighted by atomic mass is 10.2. The van der Waals surface area contributed by atoms with Gasteiger partial charge in [-0.2, -0.15) is 0 Å². The highest BCUT2D eigenvalue weighted by Crippen LogP contribution is 2.24. The number of hydrogen-bond acceptors (Lipinski definition) is 8. The molecule has 0 spiro atoms. The van der Waals surface area contributed by atoms with E-state index in [1.807, 2.05) is 0 Å². The molecule has 29 heavy (non-hydrogen) atoms. The molecule has 0 bridgehead atoms. The van der Waals surface area contributed by atoms with Crippen molar-refractivity contribution in [3.63, 3.8) is 0 Å². The summed E-state index contributed by atoms with van der Waals surface area (Å²) in [5, 5.41) is 14.9. The van der Waals surface area contributed by atoms with E-state index in [1.54, 1.807) is 12.3 Å². The zero-order chi connectivity index (χ0) is 21.1. The first-order valence-electron chi connectivity index (χ1n) is 8.11. The van der Waals surface area contributed by atoms with Crippen LogP contribution in [0.3, 0.4) is 0 Å². The number of hydrogen-bond donors (Lipinski definition) is 1. The van der Waals surface area contributed by atoms with Crippen molar-refractivity contribution in [3.8, 4) is 0 Å². The van der Waals surface area contributed by atoms with Crippen molar-refractivity contribution in [3.05, 3.63) is 72.1 Å². The fourth-order valence-corrected chi connectivity index (χ4v) is 3.51. The van der Waals surface area contributed by atoms with Crippen LogP contribution in [0.5, 0.6) is 0 Å². The van der Waals surface area contributed by atoms with Gasteiger partial charge in [-0.25, -0.2) is 4.98 Å². The maximum absolute atomic E-state index is 12.1. The molecule has 0 saturated carbocycles. The Kier molecular flexibility index (Phi) is 5.89. The number of esters is 1. The summed E-state index contributed by atoms with van der Waals surface area (Å²) in [7, 11) is 0. The average Bonchev–Trinajstić information content (AvgIpc) is 3.05. The Morgan fingerprint density at radius 2 is 2.14 bits per heavy atom. The topological polar surface area (TPSA) is 133 Å². The van der Waals surface area contributed by atoms with Crippen molar-refractivity contribution >= 4 is 45.5 Å². The van der Waals surface area contributed by atoms with Gasteiger partial charge in [0.25, 0.3) is 17.2 Å². The molecule has 0 aliphatic carbocycles. The minimum Gasteiger partial charge on any atom is -0.458 e. The summed E-state index contributed by atoms with van der Waals surface area (Å²) in [6, 6.07) is 4.80. The van der Waals surface area contributed by atoms with Crippen molar-refractivity contribution in [2.75, 3.05) is 6.54 Å². The Labute approximate surface area is 171 Å². The lowest BCUT2D eigenvalue weighted by molar-refractivity contribution is -0.384. The molecule has 150 valence electrons. The summed E-state index contributed by atoms with van der Waals surface area (Å²) in [6.45, 7) is 1.09. The zero-order valence-corrected chi connectivity index (χ0v) is 16.5. The summed E-state index contributed by atoms with van der Waals surface area (Å²) in [6.07, 6.45) is 0. The van der Waals surface area contributed by atoms with Crippen molar-refractivity contribution in [1.29, 1.82) is 0 Å². The molecule has 2 heterocycles. The quantitative estimate of drug-likeness (QED) is 0.355. The number of rotatable bonds is 6. The van der Waals surface area contributed by atoms with Gasteiger partial charge in [0.05, 0.1) is 10.6 Å². The van der Waals surface area contributed by atoms with Crippen molar-refractivity contribution < 1.29 is 19.2 Å². The Balaban J connectivity index is 1.58. The first-order valence-corrected chi connectivity index (χ1v) is 9.36. The average molecular weight is 437 g/mol. The highest BCUT2D eigenvalue weighted by Gasteiger charge is 2.17. The molecular weight excluding hydrogens is 424 g/mol. The molecule has 10 nitrogen and oxygen atoms in total. The predicted octanol–water partition coefficient (Wildman–Crippen LogP) is 2.10. The number of fused-ring (bicyclic) bond motifs is 1. The third-order valence-electron chi connectivity index (χ3n) is 3.81. The molecule has 3 aromatic rings. The second-order valence-corrected chi connectivity index (χ2v) is 7.09. The summed E-state index contributed by atoms with van der Waals surface area (Å²) < 4.78 is 6.46. The third-order valence-corrected chi connectivity index (χ3v) is 5.07. The van der Waals surface area contributed by atoms with Gasteiger partial charge in [0, 0.05) is 28.8 Å². The van der Waals surface area contributed by atoms with Crippen LogP contribution in [0.1, 0.15) is 21.7 Å². The van der Waals surface area contributed by atoms with Crippen LogP contribution in [-0.4, -0.2) is 32.7 Å². The van der Waals surface area contributed by atoms with Crippen LogP contribution < -0.4 is 10.9 Å². The van der Waals surface area contributed by atoms with E-state index in [0.29, 0.717) is 4.96 Å². The summed E-state index contributed by atoms with van der Waals surface area (Å²) >= 11 is 6.98. The maximum Gasteiger partial charge on any atom is 0.325 e. The van der Waals surface area contributed by atoms with E-state index in [9.17, 15) is 24.5 Å². The monoisotopic (exact) mass is 436 g/mol. The lowest BCUT2D eigenvalue weighted by Gasteiger charge is -2.07. The van der Waals surface area contributed by atoms with Gasteiger partial charge >= 0.3 is 5.97 Å². The number of aryl methyl sites for hydroxylation is 1. The Hall–Kier alpha value is -3.31. The molecule has 0 aliphatic rings. The SMILES string of the molecule is Cc1csc2nc(COC(=O)CNC(=O)c3ccc(Cl)c([N+](=O)[O-])c3)cc(=O)n12. The fraction of sp³-hybridized carbons (Fsp3) is 0.176. The van der Waals surface area contributed by atoms with E-state index in [1.165, 1.54) is 33.9 Å². The standard InChI is InChI=1S/C17H13ClN4O6S/c1-9-8-29-17-20-11(5-14(23)21(9)17)7-28-15(24)6-19-16(25)10-2-3-12(18)13(4-10)22(26)27/h2-5,8H,6-7H2,1H3,(H,19,25). The molecule has 0 atom stereocenters. The highest BCUT2D eigenvalue weighted by molar-refractivity contribution is 7.15. The van der Waals surface area contributed by atoms with E-state index in [2.05, 4.69) is 10.3 Å². The molecule has 0 radical (unpaired) electrons. The Morgan fingerprint density at radius 1 is 1.38 bits per heavy atom. The van der Waals surface area contributed by atoms with Crippen molar-refractivity contribution in [1.82, 2.24) is 14.7 Å². The Morgan fingerprint density at radius 3 is 2.86 bits per heavy atom. The van der Waals surface area contributed by atoms with E-state index >= 15 is 0 Å². The smallest absolute Gasteiger partial charge is 0.325 e. The molecule has 2 aromatic heterocycles. The molecule has 1 N–H and O–H groups in total. The minimum atomic E-state index is -0.758. The maximum atomic E-state index is 12.1. The first kappa shape index (κ1) is 20.4. The molecule has 0 unspecified atom stereocenters. The number of ether oxygens (including phenoxy) is 1. The zero-order valence-electron chi connectivity index (χ0n) is 14.9. The number of amides is 1. The molecule has 3 rings (SSSR count). The minimum absolute atomic E-state index is 0.0258. The van der Waals surface area contributed by atoms with Crippen LogP contribution in [0, 0.1) is 17.0 Å². The molecule has 0 fully saturated rings. The van der Waals surface area contributed by atoms with Gasteiger partial charge in [-0.3, -0.25) is 28.9 Å². The van der Waals surface area contributed by atoms with Gasteiger partial charge in [0.15, 0.2) is 4.96 Å². The second-order valence-electron chi connectivity index (χ2n) is 5.85. The number of nitrogens with one attached hydrogen (secondary N) is 1. The molecule has 12 heteroatoms. The molecule has 1 aromatic carbocycles. The van der Waals surface area contributed by atoms with Crippen LogP contribution in [0.15, 0.2) is 34.4 Å².